The summed E-state index contributed by atoms with van der Waals surface area (Å²) >= 11 is 10.3. The van der Waals surface area contributed by atoms with Crippen molar-refractivity contribution in [2.24, 2.45) is 14.7 Å². The minimum Gasteiger partial charge on any atom is -0.366 e. The Morgan fingerprint density at radius 3 is 2.35 bits per heavy atom. The molecule has 0 saturated carbocycles. The molecule has 20 heavy (non-hydrogen) atoms. The maximum atomic E-state index is 11.4. The van der Waals surface area contributed by atoms with Gasteiger partial charge in [0.05, 0.1) is 0 Å². The summed E-state index contributed by atoms with van der Waals surface area (Å²) in [6.45, 7) is 4.86. The first-order chi connectivity index (χ1) is 9.44. The Bertz CT molecular complexity index is 581. The van der Waals surface area contributed by atoms with Crippen LogP contribution in [0.2, 0.25) is 10.0 Å². The lowest BCUT2D eigenvalue weighted by Crippen LogP contribution is -2.36. The topological polar surface area (TPSA) is 65.8 Å². The normalized spacial score (nSPS) is 17.9. The quantitative estimate of drug-likeness (QED) is 0.893. The zero-order chi connectivity index (χ0) is 14.7. The van der Waals surface area contributed by atoms with Crippen LogP contribution >= 0.6 is 23.2 Å². The Balaban J connectivity index is 2.13. The molecule has 1 heterocycles. The van der Waals surface area contributed by atoms with Crippen molar-refractivity contribution in [2.45, 2.75) is 13.8 Å². The number of nitrogens with zero attached hydrogens (tertiary/aromatic N) is 2. The van der Waals surface area contributed by atoms with E-state index in [-0.39, 0.29) is 0 Å². The molecule has 0 bridgehead atoms. The highest BCUT2D eigenvalue weighted by Gasteiger charge is 2.19. The fourth-order valence-electron chi connectivity index (χ4n) is 1.52. The third-order valence-electron chi connectivity index (χ3n) is 2.37. The Morgan fingerprint density at radius 2 is 1.75 bits per heavy atom. The Morgan fingerprint density at radius 1 is 1.15 bits per heavy atom. The lowest BCUT2D eigenvalue weighted by Gasteiger charge is -2.11. The van der Waals surface area contributed by atoms with Gasteiger partial charge in [-0.25, -0.2) is 4.21 Å². The second-order valence-electron chi connectivity index (χ2n) is 4.67. The van der Waals surface area contributed by atoms with E-state index in [4.69, 9.17) is 23.2 Å². The summed E-state index contributed by atoms with van der Waals surface area (Å²) in [5.41, 5.74) is 0.666. The fourth-order valence-corrected chi connectivity index (χ4v) is 2.69. The summed E-state index contributed by atoms with van der Waals surface area (Å²) < 4.78 is 19.3. The van der Waals surface area contributed by atoms with Gasteiger partial charge in [0, 0.05) is 22.3 Å². The molecule has 1 aromatic carbocycles. The summed E-state index contributed by atoms with van der Waals surface area (Å²) in [4.78, 5) is 0. The Kier molecular flexibility index (Phi) is 5.01. The van der Waals surface area contributed by atoms with Crippen molar-refractivity contribution in [2.75, 3.05) is 11.9 Å². The van der Waals surface area contributed by atoms with E-state index in [9.17, 15) is 4.21 Å². The van der Waals surface area contributed by atoms with Crippen LogP contribution in [-0.2, 0) is 11.2 Å². The van der Waals surface area contributed by atoms with Crippen LogP contribution in [0.4, 0.5) is 5.69 Å². The minimum atomic E-state index is -1.60. The number of rotatable bonds is 3. The van der Waals surface area contributed by atoms with Crippen LogP contribution in [-0.4, -0.2) is 22.4 Å². The summed E-state index contributed by atoms with van der Waals surface area (Å²) in [7, 11) is 0. The van der Waals surface area contributed by atoms with Crippen LogP contribution in [0.5, 0.6) is 0 Å². The van der Waals surface area contributed by atoms with Crippen molar-refractivity contribution in [3.05, 3.63) is 28.2 Å². The van der Waals surface area contributed by atoms with Crippen LogP contribution < -0.4 is 10.6 Å². The van der Waals surface area contributed by atoms with Gasteiger partial charge in [0.1, 0.15) is 0 Å². The molecule has 1 aliphatic rings. The molecule has 2 rings (SSSR count). The molecule has 108 valence electrons. The highest BCUT2D eigenvalue weighted by molar-refractivity contribution is 7.83. The molecule has 0 spiro atoms. The number of halogens is 2. The van der Waals surface area contributed by atoms with Crippen molar-refractivity contribution in [3.8, 4) is 0 Å². The third-order valence-corrected chi connectivity index (χ3v) is 3.48. The number of benzene rings is 1. The van der Waals surface area contributed by atoms with Crippen molar-refractivity contribution in [1.82, 2.24) is 5.32 Å². The van der Waals surface area contributed by atoms with Crippen LogP contribution in [0.1, 0.15) is 13.8 Å². The van der Waals surface area contributed by atoms with E-state index in [1.165, 1.54) is 0 Å². The largest absolute Gasteiger partial charge is 0.366 e. The lowest BCUT2D eigenvalue weighted by molar-refractivity contribution is 0.627. The Hall–Kier alpha value is -1.11. The van der Waals surface area contributed by atoms with E-state index >= 15 is 0 Å². The highest BCUT2D eigenvalue weighted by atomic mass is 35.5. The monoisotopic (exact) mass is 332 g/mol. The maximum absolute atomic E-state index is 11.4. The van der Waals surface area contributed by atoms with E-state index < -0.39 is 11.2 Å². The van der Waals surface area contributed by atoms with Crippen LogP contribution in [0, 0.1) is 5.92 Å². The van der Waals surface area contributed by atoms with E-state index in [0.717, 1.165) is 0 Å². The van der Waals surface area contributed by atoms with Crippen molar-refractivity contribution >= 4 is 51.7 Å². The average molecular weight is 333 g/mol. The molecule has 5 nitrogen and oxygen atoms in total. The first-order valence-electron chi connectivity index (χ1n) is 6.01. The van der Waals surface area contributed by atoms with Gasteiger partial charge in [-0.15, -0.1) is 8.80 Å². The van der Waals surface area contributed by atoms with Crippen LogP contribution in [0.25, 0.3) is 0 Å². The predicted molar refractivity (Wildman–Crippen MR) is 85.9 cm³/mol. The van der Waals surface area contributed by atoms with Gasteiger partial charge in [0.25, 0.3) is 11.2 Å². The van der Waals surface area contributed by atoms with Gasteiger partial charge < -0.3 is 10.6 Å². The number of nitrogens with one attached hydrogen (secondary N) is 2. The zero-order valence-corrected chi connectivity index (χ0v) is 13.3. The second kappa shape index (κ2) is 6.56. The summed E-state index contributed by atoms with van der Waals surface area (Å²) in [6, 6.07) is 5.05. The van der Waals surface area contributed by atoms with Crippen LogP contribution in [0.3, 0.4) is 0 Å². The first-order valence-corrected chi connectivity index (χ1v) is 7.83. The molecular formula is C12H14Cl2N4OS. The summed E-state index contributed by atoms with van der Waals surface area (Å²) in [6.07, 6.45) is 0. The molecule has 1 aliphatic heterocycles. The summed E-state index contributed by atoms with van der Waals surface area (Å²) in [5, 5.41) is 7.15. The van der Waals surface area contributed by atoms with E-state index in [2.05, 4.69) is 33.3 Å². The number of amidine groups is 2. The van der Waals surface area contributed by atoms with Crippen LogP contribution in [0.15, 0.2) is 27.0 Å². The molecule has 8 heteroatoms. The molecule has 0 radical (unpaired) electrons. The molecule has 1 aromatic rings. The molecule has 0 saturated heterocycles. The predicted octanol–water partition coefficient (Wildman–Crippen LogP) is 3.04. The highest BCUT2D eigenvalue weighted by Crippen LogP contribution is 2.22. The molecule has 2 N–H and O–H groups in total. The van der Waals surface area contributed by atoms with Gasteiger partial charge in [0.15, 0.2) is 11.7 Å². The molecule has 1 atom stereocenters. The number of hydrogen-bond acceptors (Lipinski definition) is 3. The maximum Gasteiger partial charge on any atom is 0.269 e. The Labute approximate surface area is 130 Å². The first kappa shape index (κ1) is 15.3. The molecular weight excluding hydrogens is 319 g/mol. The standard InChI is InChI=1S/C12H14Cl2N4OS/c1-7(2)6-15-11-12(18-20(19)17-11)16-10-4-8(13)3-9(14)5-10/h3-5,7H,6H2,1-2H3,(H,15,17)(H,16,18). The van der Waals surface area contributed by atoms with Gasteiger partial charge >= 0.3 is 0 Å². The molecule has 1 unspecified atom stereocenters. The number of hydrogen-bond donors (Lipinski definition) is 2. The van der Waals surface area contributed by atoms with Gasteiger partial charge in [-0.2, -0.15) is 0 Å². The van der Waals surface area contributed by atoms with Gasteiger partial charge in [-0.1, -0.05) is 37.0 Å². The molecule has 0 aliphatic carbocycles. The van der Waals surface area contributed by atoms with Crippen molar-refractivity contribution < 1.29 is 4.21 Å². The average Bonchev–Trinajstić information content (AvgIpc) is 2.65. The molecule has 0 aromatic heterocycles. The van der Waals surface area contributed by atoms with Gasteiger partial charge in [-0.3, -0.25) is 0 Å². The molecule has 0 amide bonds. The van der Waals surface area contributed by atoms with E-state index in [1.54, 1.807) is 18.2 Å². The SMILES string of the molecule is CC(C)CNC1=NS(=O)N=C1Nc1cc(Cl)cc(Cl)c1. The zero-order valence-electron chi connectivity index (χ0n) is 11.0. The van der Waals surface area contributed by atoms with Gasteiger partial charge in [-0.05, 0) is 24.1 Å². The second-order valence-corrected chi connectivity index (χ2v) is 6.37. The summed E-state index contributed by atoms with van der Waals surface area (Å²) in [5.74, 6) is 1.34. The van der Waals surface area contributed by atoms with E-state index in [1.807, 2.05) is 0 Å². The minimum absolute atomic E-state index is 0.419. The third kappa shape index (κ3) is 4.19. The van der Waals surface area contributed by atoms with Crippen molar-refractivity contribution in [1.29, 1.82) is 0 Å². The van der Waals surface area contributed by atoms with Gasteiger partial charge in [0.2, 0.25) is 0 Å². The lowest BCUT2D eigenvalue weighted by atomic mass is 10.2. The number of anilines is 1. The smallest absolute Gasteiger partial charge is 0.269 e. The molecule has 0 fully saturated rings. The van der Waals surface area contributed by atoms with Crippen molar-refractivity contribution in [3.63, 3.8) is 0 Å². The van der Waals surface area contributed by atoms with E-state index in [0.29, 0.717) is 39.9 Å². The fraction of sp³-hybridized carbons (Fsp3) is 0.333.